The molecule has 2 N–H and O–H groups in total. The first-order chi connectivity index (χ1) is 18.2. The Balaban J connectivity index is 0.000000353. The summed E-state index contributed by atoms with van der Waals surface area (Å²) in [6.45, 7) is 8.45. The number of rotatable bonds is 7. The molecule has 0 fully saturated rings. The number of hydrogen-bond donors (Lipinski definition) is 1. The quantitative estimate of drug-likeness (QED) is 0.208. The van der Waals surface area contributed by atoms with E-state index in [-0.39, 0.29) is 4.90 Å². The molecule has 4 rings (SSSR count). The minimum absolute atomic E-state index is 0.171. The number of nitrogens with zero attached hydrogens (tertiary/aromatic N) is 1. The summed E-state index contributed by atoms with van der Waals surface area (Å²) in [5.41, 5.74) is 11.8. The molecule has 0 radical (unpaired) electrons. The molecular weight excluding hydrogens is 601 g/mol. The van der Waals surface area contributed by atoms with Crippen LogP contribution in [0, 0.1) is 13.8 Å². The van der Waals surface area contributed by atoms with E-state index in [1.54, 1.807) is 24.3 Å². The number of sulfonamides is 1. The second-order valence-electron chi connectivity index (χ2n) is 9.25. The molecule has 4 nitrogen and oxygen atoms in total. The van der Waals surface area contributed by atoms with E-state index in [1.807, 2.05) is 84.9 Å². The molecule has 2 atom stereocenters. The zero-order chi connectivity index (χ0) is 28.1. The van der Waals surface area contributed by atoms with Gasteiger partial charge in [0, 0.05) is 10.9 Å². The number of halogens is 1. The van der Waals surface area contributed by atoms with Gasteiger partial charge in [-0.15, -0.1) is 0 Å². The summed E-state index contributed by atoms with van der Waals surface area (Å²) in [7, 11) is 0.736. The standard InChI is InChI=1S/C21H21N2O2S.C10H14.ClH.Ru/c1-16-12-14-19(15-13-16)26(24,25)23-21(18-10-6-3-7-11-18)20(22)17-8-4-2-5-9-17;1-8(2)10-6-4-9(3)5-7-10;;/h2-15,20-21H,22H2,1H3;4-8H,1-3H3;1H;/q-1;;;+2/p-1/t20-,21-;;;/m1.../s1. The van der Waals surface area contributed by atoms with Crippen LogP contribution in [-0.4, -0.2) is 8.42 Å². The Hall–Kier alpha value is -2.34. The Morgan fingerprint density at radius 3 is 1.53 bits per heavy atom. The average molecular weight is 636 g/mol. The molecule has 0 bridgehead atoms. The molecule has 0 aliphatic rings. The first-order valence-corrected chi connectivity index (χ1v) is 15.9. The molecule has 38 heavy (non-hydrogen) atoms. The van der Waals surface area contributed by atoms with Crippen molar-refractivity contribution < 1.29 is 25.7 Å². The Morgan fingerprint density at radius 1 is 0.658 bits per heavy atom. The second kappa shape index (κ2) is 15.9. The molecule has 0 aliphatic carbocycles. The molecule has 0 aromatic heterocycles. The van der Waals surface area contributed by atoms with E-state index < -0.39 is 22.1 Å². The molecule has 4 aromatic rings. The summed E-state index contributed by atoms with van der Waals surface area (Å²) in [6, 6.07) is 32.8. The third kappa shape index (κ3) is 9.76. The fraction of sp³-hybridized carbons (Fsp3) is 0.226. The van der Waals surface area contributed by atoms with Crippen molar-refractivity contribution in [1.82, 2.24) is 0 Å². The van der Waals surface area contributed by atoms with Crippen LogP contribution < -0.4 is 5.73 Å². The van der Waals surface area contributed by atoms with E-state index in [4.69, 9.17) is 5.73 Å². The number of hydrogen-bond acceptors (Lipinski definition) is 3. The molecule has 0 unspecified atom stereocenters. The zero-order valence-electron chi connectivity index (χ0n) is 22.1. The summed E-state index contributed by atoms with van der Waals surface area (Å²) >= 11 is 1.82. The molecule has 0 spiro atoms. The SMILES string of the molecule is Cc1ccc(C(C)C)cc1.Cc1ccc(S(=O)(=O)[N-][C@H](c2ccccc2)[C@H](N)c2ccccc2)cc1.[Cl][Ru+]. The molecule has 0 saturated carbocycles. The topological polar surface area (TPSA) is 74.3 Å². The molecule has 7 heteroatoms. The van der Waals surface area contributed by atoms with Gasteiger partial charge in [0.2, 0.25) is 0 Å². The van der Waals surface area contributed by atoms with Gasteiger partial charge in [-0.2, -0.15) is 0 Å². The van der Waals surface area contributed by atoms with Crippen molar-refractivity contribution in [3.8, 4) is 0 Å². The molecule has 202 valence electrons. The minimum atomic E-state index is -3.83. The molecular formula is C31H35ClN2O2RuS. The van der Waals surface area contributed by atoms with Gasteiger partial charge >= 0.3 is 27.0 Å². The molecule has 0 aliphatic heterocycles. The van der Waals surface area contributed by atoms with Crippen LogP contribution in [0.2, 0.25) is 0 Å². The van der Waals surface area contributed by atoms with E-state index in [1.165, 1.54) is 11.1 Å². The van der Waals surface area contributed by atoms with Crippen LogP contribution in [0.15, 0.2) is 114 Å². The van der Waals surface area contributed by atoms with Gasteiger partial charge in [-0.3, -0.25) is 0 Å². The summed E-state index contributed by atoms with van der Waals surface area (Å²) < 4.78 is 29.9. The number of benzene rings is 4. The van der Waals surface area contributed by atoms with E-state index in [0.29, 0.717) is 5.92 Å². The van der Waals surface area contributed by atoms with E-state index >= 15 is 0 Å². The van der Waals surface area contributed by atoms with Crippen molar-refractivity contribution in [2.45, 2.75) is 50.6 Å². The Bertz CT molecular complexity index is 1320. The van der Waals surface area contributed by atoms with Gasteiger partial charge in [0.15, 0.2) is 0 Å². The number of aryl methyl sites for hydroxylation is 2. The van der Waals surface area contributed by atoms with Gasteiger partial charge in [0.05, 0.1) is 0 Å². The second-order valence-corrected chi connectivity index (χ2v) is 10.9. The van der Waals surface area contributed by atoms with E-state index in [0.717, 1.165) is 16.7 Å². The van der Waals surface area contributed by atoms with Gasteiger partial charge in [-0.05, 0) is 43.0 Å². The summed E-state index contributed by atoms with van der Waals surface area (Å²) in [6.07, 6.45) is 0. The van der Waals surface area contributed by atoms with Crippen molar-refractivity contribution in [2.75, 3.05) is 0 Å². The molecule has 0 saturated heterocycles. The van der Waals surface area contributed by atoms with Crippen LogP contribution in [-0.2, 0) is 27.3 Å². The summed E-state index contributed by atoms with van der Waals surface area (Å²) in [5, 5.41) is 0. The monoisotopic (exact) mass is 636 g/mol. The van der Waals surface area contributed by atoms with Crippen molar-refractivity contribution in [2.24, 2.45) is 5.73 Å². The maximum absolute atomic E-state index is 12.8. The fourth-order valence-electron chi connectivity index (χ4n) is 3.71. The van der Waals surface area contributed by atoms with Crippen molar-refractivity contribution in [1.29, 1.82) is 0 Å². The van der Waals surface area contributed by atoms with Crippen molar-refractivity contribution >= 4 is 19.7 Å². The molecule has 0 amide bonds. The molecule has 0 heterocycles. The van der Waals surface area contributed by atoms with Gasteiger partial charge in [-0.25, -0.2) is 8.42 Å². The van der Waals surface area contributed by atoms with Crippen LogP contribution in [0.1, 0.15) is 59.7 Å². The summed E-state index contributed by atoms with van der Waals surface area (Å²) in [5.74, 6) is 0.653. The van der Waals surface area contributed by atoms with Gasteiger partial charge in [0.25, 0.3) is 0 Å². The third-order valence-electron chi connectivity index (χ3n) is 5.98. The maximum atomic E-state index is 12.8. The van der Waals surface area contributed by atoms with Crippen molar-refractivity contribution in [3.05, 3.63) is 142 Å². The van der Waals surface area contributed by atoms with Crippen LogP contribution in [0.4, 0.5) is 0 Å². The van der Waals surface area contributed by atoms with Gasteiger partial charge in [-0.1, -0.05) is 134 Å². The summed E-state index contributed by atoms with van der Waals surface area (Å²) in [4.78, 5) is 0.171. The van der Waals surface area contributed by atoms with Crippen molar-refractivity contribution in [3.63, 3.8) is 0 Å². The molecule has 4 aromatic carbocycles. The number of nitrogens with two attached hydrogens (primary N) is 1. The third-order valence-corrected chi connectivity index (χ3v) is 7.35. The Labute approximate surface area is 242 Å². The van der Waals surface area contributed by atoms with Crippen LogP contribution in [0.25, 0.3) is 4.72 Å². The van der Waals surface area contributed by atoms with Crippen LogP contribution in [0.3, 0.4) is 0 Å². The van der Waals surface area contributed by atoms with Gasteiger partial charge in [0.1, 0.15) is 10.0 Å². The first kappa shape index (κ1) is 31.9. The predicted octanol–water partition coefficient (Wildman–Crippen LogP) is 8.30. The first-order valence-electron chi connectivity index (χ1n) is 12.3. The Kier molecular flexibility index (Phi) is 13.4. The fourth-order valence-corrected chi connectivity index (χ4v) is 4.87. The van der Waals surface area contributed by atoms with Crippen LogP contribution >= 0.6 is 9.69 Å². The van der Waals surface area contributed by atoms with Gasteiger partial charge < -0.3 is 10.5 Å². The zero-order valence-corrected chi connectivity index (χ0v) is 25.4. The Morgan fingerprint density at radius 2 is 1.08 bits per heavy atom. The average Bonchev–Trinajstić information content (AvgIpc) is 2.94. The normalized spacial score (nSPS) is 12.4. The van der Waals surface area contributed by atoms with E-state index in [9.17, 15) is 8.42 Å². The predicted molar refractivity (Wildman–Crippen MR) is 155 cm³/mol. The van der Waals surface area contributed by atoms with E-state index in [2.05, 4.69) is 59.4 Å². The van der Waals surface area contributed by atoms with Crippen LogP contribution in [0.5, 0.6) is 0 Å².